The van der Waals surface area contributed by atoms with Gasteiger partial charge in [-0.2, -0.15) is 23.4 Å². The first-order valence-electron chi connectivity index (χ1n) is 9.14. The van der Waals surface area contributed by atoms with Crippen LogP contribution in [0.4, 0.5) is 13.2 Å². The quantitative estimate of drug-likeness (QED) is 0.599. The molecule has 2 aromatic rings. The minimum Gasteiger partial charge on any atom is -0.357 e. The van der Waals surface area contributed by atoms with Gasteiger partial charge >= 0.3 is 6.18 Å². The van der Waals surface area contributed by atoms with E-state index < -0.39 is 11.9 Å². The SMILES string of the molecule is CCNC(=NCc1cn(C)nc1C(F)(F)F)N(C)Cc1cn(C)nc1C(C)C. The van der Waals surface area contributed by atoms with Crippen LogP contribution < -0.4 is 5.32 Å². The van der Waals surface area contributed by atoms with E-state index in [-0.39, 0.29) is 18.0 Å². The summed E-state index contributed by atoms with van der Waals surface area (Å²) in [5.74, 6) is 0.798. The Morgan fingerprint density at radius 1 is 1.18 bits per heavy atom. The molecule has 0 saturated carbocycles. The number of nitrogens with zero attached hydrogens (tertiary/aromatic N) is 6. The Bertz CT molecular complexity index is 818. The lowest BCUT2D eigenvalue weighted by molar-refractivity contribution is -0.142. The number of nitrogens with one attached hydrogen (secondary N) is 1. The van der Waals surface area contributed by atoms with E-state index in [9.17, 15) is 13.2 Å². The van der Waals surface area contributed by atoms with Crippen LogP contribution in [0.2, 0.25) is 0 Å². The Balaban J connectivity index is 2.23. The molecule has 2 rings (SSSR count). The maximum atomic E-state index is 13.1. The molecule has 10 heteroatoms. The minimum absolute atomic E-state index is 0.0445. The van der Waals surface area contributed by atoms with Crippen LogP contribution >= 0.6 is 0 Å². The number of aliphatic imine (C=N–C) groups is 1. The third-order valence-electron chi connectivity index (χ3n) is 4.16. The van der Waals surface area contributed by atoms with Crippen molar-refractivity contribution in [2.24, 2.45) is 19.1 Å². The first kappa shape index (κ1) is 21.8. The molecule has 0 amide bonds. The fraction of sp³-hybridized carbons (Fsp3) is 0.611. The third-order valence-corrected chi connectivity index (χ3v) is 4.16. The topological polar surface area (TPSA) is 63.3 Å². The van der Waals surface area contributed by atoms with E-state index in [1.54, 1.807) is 4.68 Å². The number of guanidine groups is 1. The third kappa shape index (κ3) is 5.26. The molecule has 2 heterocycles. The second-order valence-corrected chi connectivity index (χ2v) is 7.07. The molecule has 0 bridgehead atoms. The maximum Gasteiger partial charge on any atom is 0.435 e. The Kier molecular flexibility index (Phi) is 6.73. The van der Waals surface area contributed by atoms with E-state index in [0.29, 0.717) is 19.0 Å². The van der Waals surface area contributed by atoms with Gasteiger partial charge in [0, 0.05) is 57.8 Å². The first-order chi connectivity index (χ1) is 13.0. The van der Waals surface area contributed by atoms with Gasteiger partial charge in [0.25, 0.3) is 0 Å². The van der Waals surface area contributed by atoms with Crippen LogP contribution in [0.3, 0.4) is 0 Å². The van der Waals surface area contributed by atoms with Gasteiger partial charge in [0.1, 0.15) is 0 Å². The van der Waals surface area contributed by atoms with Crippen LogP contribution in [0.5, 0.6) is 0 Å². The van der Waals surface area contributed by atoms with Crippen molar-refractivity contribution < 1.29 is 13.2 Å². The Hall–Kier alpha value is -2.52. The summed E-state index contributed by atoms with van der Waals surface area (Å²) in [7, 11) is 5.19. The Labute approximate surface area is 163 Å². The largest absolute Gasteiger partial charge is 0.435 e. The summed E-state index contributed by atoms with van der Waals surface area (Å²) in [5, 5.41) is 11.2. The molecular formula is C18H28F3N7. The molecule has 0 unspecified atom stereocenters. The van der Waals surface area contributed by atoms with Gasteiger partial charge in [-0.1, -0.05) is 13.8 Å². The van der Waals surface area contributed by atoms with Gasteiger partial charge in [-0.25, -0.2) is 4.99 Å². The predicted molar refractivity (Wildman–Crippen MR) is 102 cm³/mol. The van der Waals surface area contributed by atoms with Gasteiger partial charge in [-0.15, -0.1) is 0 Å². The van der Waals surface area contributed by atoms with Gasteiger partial charge in [0.15, 0.2) is 11.7 Å². The Morgan fingerprint density at radius 2 is 1.79 bits per heavy atom. The number of rotatable bonds is 6. The second kappa shape index (κ2) is 8.66. The summed E-state index contributed by atoms with van der Waals surface area (Å²) in [4.78, 5) is 6.28. The summed E-state index contributed by atoms with van der Waals surface area (Å²) >= 11 is 0. The van der Waals surface area contributed by atoms with Crippen LogP contribution in [0, 0.1) is 0 Å². The van der Waals surface area contributed by atoms with Crippen molar-refractivity contribution in [3.05, 3.63) is 34.9 Å². The number of hydrogen-bond acceptors (Lipinski definition) is 3. The molecule has 2 aromatic heterocycles. The molecule has 0 spiro atoms. The van der Waals surface area contributed by atoms with Gasteiger partial charge in [-0.05, 0) is 12.8 Å². The van der Waals surface area contributed by atoms with E-state index in [0.717, 1.165) is 15.9 Å². The maximum absolute atomic E-state index is 13.1. The number of aromatic nitrogens is 4. The van der Waals surface area contributed by atoms with E-state index in [1.807, 2.05) is 32.1 Å². The lowest BCUT2D eigenvalue weighted by Gasteiger charge is -2.22. The molecule has 7 nitrogen and oxygen atoms in total. The highest BCUT2D eigenvalue weighted by Crippen LogP contribution is 2.30. The Morgan fingerprint density at radius 3 is 2.36 bits per heavy atom. The van der Waals surface area contributed by atoms with Crippen LogP contribution in [0.25, 0.3) is 0 Å². The van der Waals surface area contributed by atoms with Crippen molar-refractivity contribution in [1.82, 2.24) is 29.8 Å². The molecule has 0 aromatic carbocycles. The van der Waals surface area contributed by atoms with Crippen LogP contribution in [0.1, 0.15) is 49.2 Å². The van der Waals surface area contributed by atoms with E-state index >= 15 is 0 Å². The molecule has 1 N–H and O–H groups in total. The smallest absolute Gasteiger partial charge is 0.357 e. The summed E-state index contributed by atoms with van der Waals surface area (Å²) < 4.78 is 42.4. The second-order valence-electron chi connectivity index (χ2n) is 7.07. The fourth-order valence-corrected chi connectivity index (χ4v) is 3.01. The number of alkyl halides is 3. The molecule has 156 valence electrons. The van der Waals surface area contributed by atoms with Crippen LogP contribution in [-0.2, 0) is 33.4 Å². The molecule has 0 aliphatic carbocycles. The van der Waals surface area contributed by atoms with Crippen molar-refractivity contribution in [3.8, 4) is 0 Å². The molecule has 0 saturated heterocycles. The van der Waals surface area contributed by atoms with Gasteiger partial charge < -0.3 is 10.2 Å². The summed E-state index contributed by atoms with van der Waals surface area (Å²) in [6.07, 6.45) is -1.19. The monoisotopic (exact) mass is 399 g/mol. The van der Waals surface area contributed by atoms with Crippen molar-refractivity contribution in [1.29, 1.82) is 0 Å². The minimum atomic E-state index is -4.50. The molecule has 0 aliphatic heterocycles. The van der Waals surface area contributed by atoms with Crippen molar-refractivity contribution in [2.45, 2.75) is 46.0 Å². The highest BCUT2D eigenvalue weighted by Gasteiger charge is 2.36. The van der Waals surface area contributed by atoms with Crippen LogP contribution in [0.15, 0.2) is 17.4 Å². The summed E-state index contributed by atoms with van der Waals surface area (Å²) in [6.45, 7) is 7.11. The molecule has 28 heavy (non-hydrogen) atoms. The highest BCUT2D eigenvalue weighted by atomic mass is 19.4. The lowest BCUT2D eigenvalue weighted by atomic mass is 10.1. The lowest BCUT2D eigenvalue weighted by Crippen LogP contribution is -2.38. The number of aryl methyl sites for hydroxylation is 2. The molecular weight excluding hydrogens is 371 g/mol. The molecule has 0 atom stereocenters. The van der Waals surface area contributed by atoms with Crippen molar-refractivity contribution in [3.63, 3.8) is 0 Å². The zero-order chi connectivity index (χ0) is 21.1. The average molecular weight is 399 g/mol. The van der Waals surface area contributed by atoms with Gasteiger partial charge in [0.05, 0.1) is 12.2 Å². The van der Waals surface area contributed by atoms with Crippen LogP contribution in [-0.4, -0.2) is 44.0 Å². The highest BCUT2D eigenvalue weighted by molar-refractivity contribution is 5.79. The normalized spacial score (nSPS) is 12.7. The van der Waals surface area contributed by atoms with E-state index in [2.05, 4.69) is 34.4 Å². The van der Waals surface area contributed by atoms with Gasteiger partial charge in [0.2, 0.25) is 0 Å². The standard InChI is InChI=1S/C18H28F3N7/c1-7-22-17(23-8-13-10-28(6)25-16(13)18(19,20)21)26(4)9-14-11-27(5)24-15(14)12(2)3/h10-12H,7-9H2,1-6H3,(H,22,23). The first-order valence-corrected chi connectivity index (χ1v) is 9.14. The zero-order valence-corrected chi connectivity index (χ0v) is 17.2. The fourth-order valence-electron chi connectivity index (χ4n) is 3.01. The van der Waals surface area contributed by atoms with Crippen molar-refractivity contribution in [2.75, 3.05) is 13.6 Å². The number of halogens is 3. The molecule has 0 radical (unpaired) electrons. The zero-order valence-electron chi connectivity index (χ0n) is 17.2. The van der Waals surface area contributed by atoms with E-state index in [1.165, 1.54) is 13.2 Å². The molecule has 0 aliphatic rings. The van der Waals surface area contributed by atoms with Crippen molar-refractivity contribution >= 4 is 5.96 Å². The number of hydrogen-bond donors (Lipinski definition) is 1. The summed E-state index contributed by atoms with van der Waals surface area (Å²) in [6, 6.07) is 0. The summed E-state index contributed by atoms with van der Waals surface area (Å²) in [5.41, 5.74) is 1.20. The van der Waals surface area contributed by atoms with E-state index in [4.69, 9.17) is 0 Å². The molecule has 0 fully saturated rings. The average Bonchev–Trinajstić information content (AvgIpc) is 3.13. The predicted octanol–water partition coefficient (Wildman–Crippen LogP) is 2.89. The van der Waals surface area contributed by atoms with Gasteiger partial charge in [-0.3, -0.25) is 9.36 Å².